The Bertz CT molecular complexity index is 586. The van der Waals surface area contributed by atoms with Crippen molar-refractivity contribution in [2.75, 3.05) is 6.54 Å². The van der Waals surface area contributed by atoms with Crippen LogP contribution in [0.3, 0.4) is 0 Å². The van der Waals surface area contributed by atoms with Gasteiger partial charge in [-0.05, 0) is 30.2 Å². The van der Waals surface area contributed by atoms with Gasteiger partial charge in [0.25, 0.3) is 0 Å². The van der Waals surface area contributed by atoms with Crippen LogP contribution < -0.4 is 5.73 Å². The zero-order valence-electron chi connectivity index (χ0n) is 11.2. The van der Waals surface area contributed by atoms with Crippen molar-refractivity contribution in [1.29, 1.82) is 0 Å². The molecule has 0 saturated carbocycles. The Hall–Kier alpha value is -1.23. The van der Waals surface area contributed by atoms with Crippen LogP contribution in [0.2, 0.25) is 0 Å². The molecule has 0 fully saturated rings. The van der Waals surface area contributed by atoms with Gasteiger partial charge >= 0.3 is 0 Å². The van der Waals surface area contributed by atoms with Gasteiger partial charge in [-0.25, -0.2) is 4.39 Å². The number of benzene rings is 2. The summed E-state index contributed by atoms with van der Waals surface area (Å²) in [4.78, 5) is 0. The van der Waals surface area contributed by atoms with Crippen molar-refractivity contribution in [2.24, 2.45) is 5.73 Å². The fourth-order valence-electron chi connectivity index (χ4n) is 2.22. The van der Waals surface area contributed by atoms with Crippen molar-refractivity contribution >= 4 is 15.9 Å². The highest BCUT2D eigenvalue weighted by Gasteiger charge is 2.23. The summed E-state index contributed by atoms with van der Waals surface area (Å²) in [6.45, 7) is 2.32. The number of rotatable bonds is 4. The van der Waals surface area contributed by atoms with E-state index in [2.05, 4.69) is 15.9 Å². The summed E-state index contributed by atoms with van der Waals surface area (Å²) >= 11 is 3.29. The quantitative estimate of drug-likeness (QED) is 0.893. The first-order chi connectivity index (χ1) is 9.52. The molecule has 2 aromatic carbocycles. The van der Waals surface area contributed by atoms with Crippen molar-refractivity contribution in [3.8, 4) is 0 Å². The molecule has 0 aromatic heterocycles. The van der Waals surface area contributed by atoms with Gasteiger partial charge in [-0.1, -0.05) is 51.8 Å². The molecule has 2 nitrogen and oxygen atoms in total. The topological polar surface area (TPSA) is 46.2 Å². The molecule has 2 unspecified atom stereocenters. The first-order valence-corrected chi connectivity index (χ1v) is 7.22. The highest BCUT2D eigenvalue weighted by molar-refractivity contribution is 9.10. The summed E-state index contributed by atoms with van der Waals surface area (Å²) in [7, 11) is 0. The number of nitrogens with two attached hydrogens (primary N) is 1. The molecule has 0 spiro atoms. The third-order valence-corrected chi connectivity index (χ3v) is 4.11. The van der Waals surface area contributed by atoms with Crippen molar-refractivity contribution in [2.45, 2.75) is 18.9 Å². The molecule has 20 heavy (non-hydrogen) atoms. The SMILES string of the molecule is Cc1ccc(C(CN)C(O)c2ccc(F)cc2Br)cc1. The van der Waals surface area contributed by atoms with E-state index < -0.39 is 6.10 Å². The van der Waals surface area contributed by atoms with Gasteiger partial charge in [0.05, 0.1) is 6.10 Å². The van der Waals surface area contributed by atoms with Gasteiger partial charge in [0.2, 0.25) is 0 Å². The number of hydrogen-bond donors (Lipinski definition) is 2. The lowest BCUT2D eigenvalue weighted by atomic mass is 9.89. The summed E-state index contributed by atoms with van der Waals surface area (Å²) in [5.41, 5.74) is 8.58. The molecule has 0 radical (unpaired) electrons. The van der Waals surface area contributed by atoms with E-state index in [4.69, 9.17) is 5.73 Å². The average Bonchev–Trinajstić information content (AvgIpc) is 2.41. The van der Waals surface area contributed by atoms with E-state index in [1.54, 1.807) is 6.07 Å². The molecule has 2 atom stereocenters. The van der Waals surface area contributed by atoms with Crippen LogP contribution in [0.4, 0.5) is 4.39 Å². The maximum Gasteiger partial charge on any atom is 0.124 e. The minimum Gasteiger partial charge on any atom is -0.388 e. The fraction of sp³-hybridized carbons (Fsp3) is 0.250. The zero-order valence-corrected chi connectivity index (χ0v) is 12.8. The fourth-order valence-corrected chi connectivity index (χ4v) is 2.80. The van der Waals surface area contributed by atoms with Crippen molar-refractivity contribution in [3.05, 3.63) is 69.4 Å². The molecular weight excluding hydrogens is 321 g/mol. The molecule has 2 aromatic rings. The highest BCUT2D eigenvalue weighted by Crippen LogP contribution is 2.34. The molecule has 4 heteroatoms. The number of aryl methyl sites for hydroxylation is 1. The Morgan fingerprint density at radius 1 is 1.20 bits per heavy atom. The second-order valence-electron chi connectivity index (χ2n) is 4.86. The second kappa shape index (κ2) is 6.48. The lowest BCUT2D eigenvalue weighted by molar-refractivity contribution is 0.146. The van der Waals surface area contributed by atoms with Gasteiger partial charge in [0.1, 0.15) is 5.82 Å². The molecule has 0 amide bonds. The van der Waals surface area contributed by atoms with E-state index in [1.165, 1.54) is 12.1 Å². The Morgan fingerprint density at radius 2 is 1.85 bits per heavy atom. The Labute approximate surface area is 126 Å². The van der Waals surface area contributed by atoms with E-state index in [0.717, 1.165) is 11.1 Å². The first-order valence-electron chi connectivity index (χ1n) is 6.42. The monoisotopic (exact) mass is 337 g/mol. The van der Waals surface area contributed by atoms with Gasteiger partial charge in [-0.15, -0.1) is 0 Å². The Morgan fingerprint density at radius 3 is 2.40 bits per heavy atom. The van der Waals surface area contributed by atoms with Crippen LogP contribution in [0.1, 0.15) is 28.7 Å². The van der Waals surface area contributed by atoms with Gasteiger partial charge < -0.3 is 10.8 Å². The normalized spacial score (nSPS) is 14.1. The Kier molecular flexibility index (Phi) is 4.91. The number of aliphatic hydroxyl groups excluding tert-OH is 1. The zero-order chi connectivity index (χ0) is 14.7. The summed E-state index contributed by atoms with van der Waals surface area (Å²) in [5.74, 6) is -0.565. The van der Waals surface area contributed by atoms with E-state index in [9.17, 15) is 9.50 Å². The molecule has 0 aliphatic heterocycles. The van der Waals surface area contributed by atoms with Crippen LogP contribution in [0.5, 0.6) is 0 Å². The summed E-state index contributed by atoms with van der Waals surface area (Å²) in [6, 6.07) is 12.2. The third-order valence-electron chi connectivity index (χ3n) is 3.42. The standard InChI is InChI=1S/C16H17BrFNO/c1-10-2-4-11(5-3-10)14(9-19)16(20)13-7-6-12(18)8-15(13)17/h2-8,14,16,20H,9,19H2,1H3. The van der Waals surface area contributed by atoms with E-state index in [1.807, 2.05) is 31.2 Å². The third kappa shape index (κ3) is 3.26. The van der Waals surface area contributed by atoms with Gasteiger partial charge in [0.15, 0.2) is 0 Å². The molecule has 2 rings (SSSR count). The summed E-state index contributed by atoms with van der Waals surface area (Å²) in [5, 5.41) is 10.5. The van der Waals surface area contributed by atoms with E-state index >= 15 is 0 Å². The minimum atomic E-state index is -0.780. The highest BCUT2D eigenvalue weighted by atomic mass is 79.9. The maximum absolute atomic E-state index is 13.1. The van der Waals surface area contributed by atoms with Gasteiger partial charge in [-0.3, -0.25) is 0 Å². The average molecular weight is 338 g/mol. The van der Waals surface area contributed by atoms with Crippen LogP contribution in [-0.2, 0) is 0 Å². The van der Waals surface area contributed by atoms with Crippen LogP contribution in [0.25, 0.3) is 0 Å². The maximum atomic E-state index is 13.1. The second-order valence-corrected chi connectivity index (χ2v) is 5.72. The predicted molar refractivity (Wildman–Crippen MR) is 82.0 cm³/mol. The number of hydrogen-bond acceptors (Lipinski definition) is 2. The molecule has 0 bridgehead atoms. The van der Waals surface area contributed by atoms with Crippen molar-refractivity contribution < 1.29 is 9.50 Å². The molecule has 106 valence electrons. The number of aliphatic hydroxyl groups is 1. The molecule has 3 N–H and O–H groups in total. The minimum absolute atomic E-state index is 0.225. The van der Waals surface area contributed by atoms with Crippen LogP contribution in [-0.4, -0.2) is 11.7 Å². The summed E-state index contributed by atoms with van der Waals surface area (Å²) < 4.78 is 13.7. The van der Waals surface area contributed by atoms with E-state index in [-0.39, 0.29) is 11.7 Å². The lowest BCUT2D eigenvalue weighted by Gasteiger charge is -2.23. The van der Waals surface area contributed by atoms with Crippen molar-refractivity contribution in [3.63, 3.8) is 0 Å². The molecule has 0 heterocycles. The number of halogens is 2. The first kappa shape index (κ1) is 15.2. The molecule has 0 aliphatic rings. The molecule has 0 saturated heterocycles. The van der Waals surface area contributed by atoms with Gasteiger partial charge in [-0.2, -0.15) is 0 Å². The lowest BCUT2D eigenvalue weighted by Crippen LogP contribution is -2.20. The van der Waals surface area contributed by atoms with Gasteiger partial charge in [0, 0.05) is 16.9 Å². The Balaban J connectivity index is 2.33. The van der Waals surface area contributed by atoms with Crippen molar-refractivity contribution in [1.82, 2.24) is 0 Å². The predicted octanol–water partition coefficient (Wildman–Crippen LogP) is 3.67. The van der Waals surface area contributed by atoms with Crippen LogP contribution >= 0.6 is 15.9 Å². The summed E-state index contributed by atoms with van der Waals surface area (Å²) in [6.07, 6.45) is -0.780. The smallest absolute Gasteiger partial charge is 0.124 e. The largest absolute Gasteiger partial charge is 0.388 e. The van der Waals surface area contributed by atoms with Crippen LogP contribution in [0.15, 0.2) is 46.9 Å². The van der Waals surface area contributed by atoms with E-state index in [0.29, 0.717) is 16.6 Å². The van der Waals surface area contributed by atoms with Crippen LogP contribution in [0, 0.1) is 12.7 Å². The molecule has 0 aliphatic carbocycles. The molecular formula is C16H17BrFNO.